The van der Waals surface area contributed by atoms with Crippen LogP contribution in [0.15, 0.2) is 285 Å². The predicted octanol–water partition coefficient (Wildman–Crippen LogP) is 20.5. The van der Waals surface area contributed by atoms with Crippen molar-refractivity contribution < 1.29 is 0 Å². The zero-order valence-electron chi connectivity index (χ0n) is 43.0. The highest BCUT2D eigenvalue weighted by Crippen LogP contribution is 2.50. The number of anilines is 6. The van der Waals surface area contributed by atoms with E-state index in [4.69, 9.17) is 0 Å². The van der Waals surface area contributed by atoms with Gasteiger partial charge in [-0.3, -0.25) is 0 Å². The molecule has 76 heavy (non-hydrogen) atoms. The average Bonchev–Trinajstić information content (AvgIpc) is 3.48. The number of para-hydroxylation sites is 1. The minimum atomic E-state index is -1.57. The lowest BCUT2D eigenvalue weighted by molar-refractivity contribution is 1.30. The van der Waals surface area contributed by atoms with Crippen LogP contribution in [0, 0.1) is 0 Å². The van der Waals surface area contributed by atoms with Crippen LogP contribution in [-0.4, -0.2) is 8.07 Å². The van der Waals surface area contributed by atoms with Gasteiger partial charge in [0.1, 0.15) is 0 Å². The molecule has 0 saturated heterocycles. The fourth-order valence-electron chi connectivity index (χ4n) is 11.4. The maximum absolute atomic E-state index is 2.47. The van der Waals surface area contributed by atoms with Crippen LogP contribution in [0.4, 0.5) is 34.1 Å². The molecule has 0 heterocycles. The summed E-state index contributed by atoms with van der Waals surface area (Å²) >= 11 is 0. The summed E-state index contributed by atoms with van der Waals surface area (Å²) in [6, 6.07) is 105. The SMILES string of the molecule is C[Si](C)(C)c1ccc(N(c2ccc3c(-c4ccc(-c5ccccc5)cc4)c4cc(N(c5ccccc5)c5cccc6ccccc56)ccc4c(-c4ccc(-c5ccccc5)cc4)c3c2)c2cccc3ccccc23)cc1. The van der Waals surface area contributed by atoms with Gasteiger partial charge in [0.05, 0.1) is 19.4 Å². The summed E-state index contributed by atoms with van der Waals surface area (Å²) in [5.41, 5.74) is 16.2. The lowest BCUT2D eigenvalue weighted by Crippen LogP contribution is -2.37. The third-order valence-corrected chi connectivity index (χ3v) is 17.2. The van der Waals surface area contributed by atoms with Crippen molar-refractivity contribution >= 4 is 90.5 Å². The highest BCUT2D eigenvalue weighted by molar-refractivity contribution is 6.88. The van der Waals surface area contributed by atoms with Crippen LogP contribution in [0.3, 0.4) is 0 Å². The Balaban J connectivity index is 1.12. The van der Waals surface area contributed by atoms with Crippen LogP contribution >= 0.6 is 0 Å². The quantitative estimate of drug-likeness (QED) is 0.0941. The van der Waals surface area contributed by atoms with E-state index in [1.165, 1.54) is 81.7 Å². The Morgan fingerprint density at radius 3 is 1.01 bits per heavy atom. The predicted molar refractivity (Wildman–Crippen MR) is 331 cm³/mol. The zero-order chi connectivity index (χ0) is 51.2. The summed E-state index contributed by atoms with van der Waals surface area (Å²) in [6.45, 7) is 7.26. The van der Waals surface area contributed by atoms with E-state index in [9.17, 15) is 0 Å². The molecule has 0 amide bonds. The number of nitrogens with zero attached hydrogens (tertiary/aromatic N) is 2. The minimum Gasteiger partial charge on any atom is -0.310 e. The molecule has 0 radical (unpaired) electrons. The van der Waals surface area contributed by atoms with E-state index in [0.717, 1.165) is 45.3 Å². The van der Waals surface area contributed by atoms with Crippen molar-refractivity contribution in [1.29, 1.82) is 0 Å². The largest absolute Gasteiger partial charge is 0.310 e. The highest BCUT2D eigenvalue weighted by Gasteiger charge is 2.24. The zero-order valence-corrected chi connectivity index (χ0v) is 44.0. The first-order valence-corrected chi connectivity index (χ1v) is 29.9. The fraction of sp³-hybridized carbons (Fsp3) is 0.0411. The summed E-state index contributed by atoms with van der Waals surface area (Å²) in [7, 11) is -1.57. The van der Waals surface area contributed by atoms with E-state index >= 15 is 0 Å². The average molecular weight is 989 g/mol. The van der Waals surface area contributed by atoms with Gasteiger partial charge in [0.15, 0.2) is 0 Å². The number of hydrogen-bond acceptors (Lipinski definition) is 2. The van der Waals surface area contributed by atoms with Crippen LogP contribution < -0.4 is 15.0 Å². The summed E-state index contributed by atoms with van der Waals surface area (Å²) < 4.78 is 0. The van der Waals surface area contributed by atoms with Crippen LogP contribution in [-0.2, 0) is 0 Å². The van der Waals surface area contributed by atoms with Gasteiger partial charge in [-0.25, -0.2) is 0 Å². The topological polar surface area (TPSA) is 6.48 Å². The standard InChI is InChI=1S/C73H56N2Si/c1-76(2,3)63-45-41-60(42-46-63)75(71-32-18-26-56-24-14-16-30-65(56)71)62-44-48-67-69(50-62)73(58-39-35-54(36-40-58)52-21-9-5-10-22-52)66-47-43-61(49-68(66)72(67)57-37-33-53(34-38-57)51-19-7-4-8-20-51)74(59-27-11-6-12-28-59)70-31-17-25-55-23-13-15-29-64(55)70/h4-50H,1-3H3. The normalized spacial score (nSPS) is 11.6. The monoisotopic (exact) mass is 988 g/mol. The number of benzene rings is 13. The Morgan fingerprint density at radius 1 is 0.237 bits per heavy atom. The minimum absolute atomic E-state index is 1.09. The van der Waals surface area contributed by atoms with Gasteiger partial charge in [-0.2, -0.15) is 0 Å². The lowest BCUT2D eigenvalue weighted by atomic mass is 9.84. The molecule has 0 bridgehead atoms. The van der Waals surface area contributed by atoms with Gasteiger partial charge in [0.2, 0.25) is 0 Å². The first kappa shape index (κ1) is 46.5. The van der Waals surface area contributed by atoms with E-state index in [-0.39, 0.29) is 0 Å². The van der Waals surface area contributed by atoms with Gasteiger partial charge in [-0.05, 0) is 137 Å². The maximum Gasteiger partial charge on any atom is 0.0775 e. The Bertz CT molecular complexity index is 4210. The molecule has 362 valence electrons. The molecule has 0 unspecified atom stereocenters. The molecule has 2 nitrogen and oxygen atoms in total. The van der Waals surface area contributed by atoms with Crippen LogP contribution in [0.5, 0.6) is 0 Å². The Kier molecular flexibility index (Phi) is 11.9. The Morgan fingerprint density at radius 2 is 0.579 bits per heavy atom. The molecule has 3 heteroatoms. The molecule has 0 N–H and O–H groups in total. The molecule has 13 aromatic carbocycles. The second-order valence-corrected chi connectivity index (χ2v) is 26.0. The Hall–Kier alpha value is -9.28. The maximum atomic E-state index is 2.47. The molecule has 0 saturated carbocycles. The van der Waals surface area contributed by atoms with E-state index in [1.54, 1.807) is 0 Å². The first-order valence-electron chi connectivity index (χ1n) is 26.4. The molecular weight excluding hydrogens is 933 g/mol. The molecule has 0 aliphatic carbocycles. The van der Waals surface area contributed by atoms with Crippen LogP contribution in [0.25, 0.3) is 87.6 Å². The second kappa shape index (κ2) is 19.5. The number of hydrogen-bond donors (Lipinski definition) is 0. The van der Waals surface area contributed by atoms with Gasteiger partial charge in [0, 0.05) is 33.5 Å². The molecule has 0 spiro atoms. The highest BCUT2D eigenvalue weighted by atomic mass is 28.3. The molecule has 0 aliphatic heterocycles. The van der Waals surface area contributed by atoms with Crippen molar-refractivity contribution in [1.82, 2.24) is 0 Å². The third-order valence-electron chi connectivity index (χ3n) is 15.2. The third kappa shape index (κ3) is 8.61. The molecular formula is C73H56N2Si. The van der Waals surface area contributed by atoms with Crippen molar-refractivity contribution in [3.05, 3.63) is 285 Å². The van der Waals surface area contributed by atoms with E-state index in [1.807, 2.05) is 0 Å². The Labute approximate surface area is 447 Å². The molecule has 13 aromatic rings. The van der Waals surface area contributed by atoms with Crippen molar-refractivity contribution in [3.63, 3.8) is 0 Å². The fourth-order valence-corrected chi connectivity index (χ4v) is 12.5. The van der Waals surface area contributed by atoms with E-state index in [2.05, 4.69) is 315 Å². The number of fused-ring (bicyclic) bond motifs is 4. The van der Waals surface area contributed by atoms with Crippen LogP contribution in [0.2, 0.25) is 19.6 Å². The van der Waals surface area contributed by atoms with Gasteiger partial charge < -0.3 is 9.80 Å². The summed E-state index contributed by atoms with van der Waals surface area (Å²) in [4.78, 5) is 4.91. The molecule has 13 rings (SSSR count). The summed E-state index contributed by atoms with van der Waals surface area (Å²) in [5.74, 6) is 0. The van der Waals surface area contributed by atoms with Crippen molar-refractivity contribution in [2.24, 2.45) is 0 Å². The van der Waals surface area contributed by atoms with Gasteiger partial charge in [-0.1, -0.05) is 249 Å². The molecule has 0 aliphatic rings. The van der Waals surface area contributed by atoms with Crippen LogP contribution in [0.1, 0.15) is 0 Å². The van der Waals surface area contributed by atoms with Crippen molar-refractivity contribution in [2.75, 3.05) is 9.80 Å². The lowest BCUT2D eigenvalue weighted by Gasteiger charge is -2.29. The smallest absolute Gasteiger partial charge is 0.0775 e. The van der Waals surface area contributed by atoms with Gasteiger partial charge >= 0.3 is 0 Å². The number of rotatable bonds is 11. The summed E-state index contributed by atoms with van der Waals surface area (Å²) in [6.07, 6.45) is 0. The van der Waals surface area contributed by atoms with Crippen molar-refractivity contribution in [3.8, 4) is 44.5 Å². The van der Waals surface area contributed by atoms with E-state index < -0.39 is 8.07 Å². The summed E-state index contributed by atoms with van der Waals surface area (Å²) in [5, 5.41) is 11.0. The van der Waals surface area contributed by atoms with Crippen molar-refractivity contribution in [2.45, 2.75) is 19.6 Å². The molecule has 0 atom stereocenters. The second-order valence-electron chi connectivity index (χ2n) is 20.9. The van der Waals surface area contributed by atoms with Gasteiger partial charge in [-0.15, -0.1) is 0 Å². The first-order chi connectivity index (χ1) is 37.3. The van der Waals surface area contributed by atoms with E-state index in [0.29, 0.717) is 0 Å². The molecule has 0 aromatic heterocycles. The molecule has 0 fully saturated rings. The van der Waals surface area contributed by atoms with Gasteiger partial charge in [0.25, 0.3) is 0 Å².